The first-order chi connectivity index (χ1) is 9.77. The van der Waals surface area contributed by atoms with E-state index in [1.807, 2.05) is 56.2 Å². The maximum absolute atomic E-state index is 10.6. The fourth-order valence-corrected chi connectivity index (χ4v) is 2.26. The van der Waals surface area contributed by atoms with Gasteiger partial charge in [-0.1, -0.05) is 55.5 Å². The molecule has 0 saturated heterocycles. The molecule has 102 valence electrons. The molecule has 0 spiro atoms. The van der Waals surface area contributed by atoms with E-state index in [1.54, 1.807) is 0 Å². The Kier molecular flexibility index (Phi) is 4.75. The molecule has 0 aliphatic carbocycles. The third-order valence-corrected chi connectivity index (χ3v) is 3.23. The Morgan fingerprint density at radius 2 is 1.90 bits per heavy atom. The molecule has 2 rings (SSSR count). The Balaban J connectivity index is 2.57. The van der Waals surface area contributed by atoms with Gasteiger partial charge in [0, 0.05) is 23.1 Å². The lowest BCUT2D eigenvalue weighted by Gasteiger charge is -2.17. The van der Waals surface area contributed by atoms with Gasteiger partial charge in [-0.2, -0.15) is 0 Å². The highest BCUT2D eigenvalue weighted by Gasteiger charge is 2.14. The minimum absolute atomic E-state index is 0.0160. The largest absolute Gasteiger partial charge is 0.493 e. The monoisotopic (exact) mass is 266 g/mol. The number of hydrogen-bond donors (Lipinski definition) is 0. The minimum atomic E-state index is -0.0160. The molecule has 0 amide bonds. The summed E-state index contributed by atoms with van der Waals surface area (Å²) in [6, 6.07) is 16.2. The maximum atomic E-state index is 10.6. The van der Waals surface area contributed by atoms with Crippen LogP contribution in [0.2, 0.25) is 0 Å². The summed E-state index contributed by atoms with van der Waals surface area (Å²) in [5.41, 5.74) is 3.17. The summed E-state index contributed by atoms with van der Waals surface area (Å²) < 4.78 is 5.84. The molecule has 1 atom stereocenters. The molecule has 0 radical (unpaired) electrons. The molecule has 0 aliphatic rings. The highest BCUT2D eigenvalue weighted by Crippen LogP contribution is 2.37. The third kappa shape index (κ3) is 2.98. The molecule has 2 nitrogen and oxygen atoms in total. The van der Waals surface area contributed by atoms with Crippen molar-refractivity contribution in [1.29, 1.82) is 0 Å². The van der Waals surface area contributed by atoms with Gasteiger partial charge in [-0.3, -0.25) is 0 Å². The van der Waals surface area contributed by atoms with Crippen LogP contribution in [0.15, 0.2) is 54.6 Å². The van der Waals surface area contributed by atoms with E-state index in [2.05, 4.69) is 12.1 Å². The topological polar surface area (TPSA) is 26.3 Å². The summed E-state index contributed by atoms with van der Waals surface area (Å²) in [6.45, 7) is 4.53. The van der Waals surface area contributed by atoms with Crippen LogP contribution in [0.3, 0.4) is 0 Å². The van der Waals surface area contributed by atoms with Gasteiger partial charge in [-0.05, 0) is 12.5 Å². The molecule has 0 heterocycles. The van der Waals surface area contributed by atoms with Gasteiger partial charge in [-0.15, -0.1) is 0 Å². The Labute approximate surface area is 119 Å². The number of hydrogen-bond acceptors (Lipinski definition) is 2. The second-order valence-corrected chi connectivity index (χ2v) is 4.60. The van der Waals surface area contributed by atoms with E-state index in [0.717, 1.165) is 22.4 Å². The molecule has 0 fully saturated rings. The maximum Gasteiger partial charge on any atom is 0.130 e. The molecular formula is C18H18O2. The van der Waals surface area contributed by atoms with Crippen LogP contribution in [0.25, 0.3) is 11.1 Å². The van der Waals surface area contributed by atoms with Gasteiger partial charge in [0.05, 0.1) is 6.61 Å². The van der Waals surface area contributed by atoms with Gasteiger partial charge in [0.2, 0.25) is 0 Å². The van der Waals surface area contributed by atoms with Crippen molar-refractivity contribution in [2.45, 2.75) is 19.8 Å². The van der Waals surface area contributed by atoms with E-state index in [4.69, 9.17) is 4.74 Å². The number of benzene rings is 2. The van der Waals surface area contributed by atoms with Crippen molar-refractivity contribution < 1.29 is 9.53 Å². The molecule has 2 aromatic rings. The van der Waals surface area contributed by atoms with Gasteiger partial charge >= 0.3 is 0 Å². The number of para-hydroxylation sites is 1. The van der Waals surface area contributed by atoms with Crippen LogP contribution in [0.4, 0.5) is 0 Å². The van der Waals surface area contributed by atoms with Crippen LogP contribution >= 0.6 is 0 Å². The van der Waals surface area contributed by atoms with E-state index in [9.17, 15) is 4.79 Å². The smallest absolute Gasteiger partial charge is 0.130 e. The van der Waals surface area contributed by atoms with Crippen molar-refractivity contribution >= 4 is 5.94 Å². The quantitative estimate of drug-likeness (QED) is 0.756. The summed E-state index contributed by atoms with van der Waals surface area (Å²) in [4.78, 5) is 10.6. The Bertz CT molecular complexity index is 611. The summed E-state index contributed by atoms with van der Waals surface area (Å²) in [5.74, 6) is 2.70. The van der Waals surface area contributed by atoms with E-state index in [1.165, 1.54) is 6.08 Å². The minimum Gasteiger partial charge on any atom is -0.493 e. The van der Waals surface area contributed by atoms with Crippen molar-refractivity contribution in [2.24, 2.45) is 0 Å². The first-order valence-electron chi connectivity index (χ1n) is 6.80. The lowest BCUT2D eigenvalue weighted by Crippen LogP contribution is -2.01. The fourth-order valence-electron chi connectivity index (χ4n) is 2.26. The van der Waals surface area contributed by atoms with Gasteiger partial charge in [0.1, 0.15) is 11.7 Å². The van der Waals surface area contributed by atoms with Crippen molar-refractivity contribution in [3.05, 3.63) is 60.2 Å². The number of rotatable bonds is 5. The number of ether oxygens (including phenoxy) is 1. The average molecular weight is 266 g/mol. The first kappa shape index (κ1) is 14.1. The van der Waals surface area contributed by atoms with Crippen LogP contribution in [-0.2, 0) is 4.79 Å². The van der Waals surface area contributed by atoms with Crippen molar-refractivity contribution in [3.63, 3.8) is 0 Å². The zero-order valence-electron chi connectivity index (χ0n) is 11.8. The van der Waals surface area contributed by atoms with E-state index in [-0.39, 0.29) is 5.92 Å². The summed E-state index contributed by atoms with van der Waals surface area (Å²) in [6.07, 6.45) is 1.52. The summed E-state index contributed by atoms with van der Waals surface area (Å²) in [5, 5.41) is 0. The molecule has 0 N–H and O–H groups in total. The molecule has 0 saturated carbocycles. The van der Waals surface area contributed by atoms with Crippen LogP contribution < -0.4 is 4.74 Å². The highest BCUT2D eigenvalue weighted by atomic mass is 16.5. The Morgan fingerprint density at radius 1 is 1.15 bits per heavy atom. The van der Waals surface area contributed by atoms with Crippen LogP contribution in [0.5, 0.6) is 5.75 Å². The first-order valence-corrected chi connectivity index (χ1v) is 6.80. The van der Waals surface area contributed by atoms with Crippen LogP contribution in [0, 0.1) is 0 Å². The van der Waals surface area contributed by atoms with Crippen LogP contribution in [-0.4, -0.2) is 12.5 Å². The summed E-state index contributed by atoms with van der Waals surface area (Å²) >= 11 is 0. The second-order valence-electron chi connectivity index (χ2n) is 4.60. The van der Waals surface area contributed by atoms with Crippen molar-refractivity contribution in [1.82, 2.24) is 0 Å². The Hall–Kier alpha value is -2.31. The van der Waals surface area contributed by atoms with Crippen LogP contribution in [0.1, 0.15) is 25.3 Å². The molecule has 2 aromatic carbocycles. The van der Waals surface area contributed by atoms with E-state index < -0.39 is 0 Å². The van der Waals surface area contributed by atoms with Crippen molar-refractivity contribution in [2.75, 3.05) is 6.61 Å². The van der Waals surface area contributed by atoms with Gasteiger partial charge in [-0.25, -0.2) is 4.79 Å². The fraction of sp³-hybridized carbons (Fsp3) is 0.222. The molecule has 2 heteroatoms. The Morgan fingerprint density at radius 3 is 2.55 bits per heavy atom. The predicted octanol–water partition coefficient (Wildman–Crippen LogP) is 4.24. The average Bonchev–Trinajstić information content (AvgIpc) is 2.49. The van der Waals surface area contributed by atoms with E-state index in [0.29, 0.717) is 6.61 Å². The lowest BCUT2D eigenvalue weighted by molar-refractivity contribution is 0.337. The zero-order valence-corrected chi connectivity index (χ0v) is 11.8. The number of carbonyl (C=O) groups excluding carboxylic acids is 1. The molecule has 1 unspecified atom stereocenters. The van der Waals surface area contributed by atoms with Gasteiger partial charge in [0.25, 0.3) is 0 Å². The normalized spacial score (nSPS) is 11.5. The summed E-state index contributed by atoms with van der Waals surface area (Å²) in [7, 11) is 0. The number of allylic oxidation sites excluding steroid dienone is 1. The lowest BCUT2D eigenvalue weighted by atomic mass is 9.94. The molecular weight excluding hydrogens is 248 g/mol. The standard InChI is InChI=1S/C18H18O2/c1-3-20-18-16(14(2)12-13-19)10-7-11-17(18)15-8-5-4-6-9-15/h4-12,14H,3H2,1-2H3. The molecule has 20 heavy (non-hydrogen) atoms. The highest BCUT2D eigenvalue weighted by molar-refractivity contribution is 5.73. The predicted molar refractivity (Wildman–Crippen MR) is 81.7 cm³/mol. The van der Waals surface area contributed by atoms with Crippen molar-refractivity contribution in [3.8, 4) is 16.9 Å². The SMILES string of the molecule is CCOc1c(-c2ccccc2)cccc1C(C)C=C=O. The zero-order chi connectivity index (χ0) is 14.4. The third-order valence-electron chi connectivity index (χ3n) is 3.23. The van der Waals surface area contributed by atoms with E-state index >= 15 is 0 Å². The molecule has 0 bridgehead atoms. The molecule has 0 aromatic heterocycles. The van der Waals surface area contributed by atoms with Gasteiger partial charge in [0.15, 0.2) is 0 Å². The van der Waals surface area contributed by atoms with Gasteiger partial charge < -0.3 is 4.74 Å². The second kappa shape index (κ2) is 6.74. The molecule has 0 aliphatic heterocycles.